The van der Waals surface area contributed by atoms with Gasteiger partial charge in [-0.3, -0.25) is 4.79 Å². The van der Waals surface area contributed by atoms with Gasteiger partial charge in [0.15, 0.2) is 0 Å². The monoisotopic (exact) mass is 267 g/mol. The predicted octanol–water partition coefficient (Wildman–Crippen LogP) is 1.82. The Labute approximate surface area is 109 Å². The van der Waals surface area contributed by atoms with Gasteiger partial charge in [-0.25, -0.2) is 9.18 Å². The van der Waals surface area contributed by atoms with Crippen LogP contribution in [0.5, 0.6) is 0 Å². The van der Waals surface area contributed by atoms with Gasteiger partial charge in [0, 0.05) is 13.1 Å². The molecule has 1 saturated heterocycles. The SMILES string of the molecule is O=C(O)c1ccc(F)c(N2CCCC(C(=O)O)C2)c1. The molecule has 2 N–H and O–H groups in total. The molecule has 1 fully saturated rings. The largest absolute Gasteiger partial charge is 0.481 e. The number of carbonyl (C=O) groups is 2. The first-order chi connectivity index (χ1) is 8.99. The van der Waals surface area contributed by atoms with Gasteiger partial charge < -0.3 is 15.1 Å². The second-order valence-corrected chi connectivity index (χ2v) is 4.59. The molecule has 5 nitrogen and oxygen atoms in total. The lowest BCUT2D eigenvalue weighted by molar-refractivity contribution is -0.141. The maximum Gasteiger partial charge on any atom is 0.335 e. The minimum absolute atomic E-state index is 0.00570. The first-order valence-electron chi connectivity index (χ1n) is 5.99. The van der Waals surface area contributed by atoms with E-state index in [4.69, 9.17) is 10.2 Å². The summed E-state index contributed by atoms with van der Waals surface area (Å²) in [6, 6.07) is 3.55. The molecule has 1 aromatic rings. The van der Waals surface area contributed by atoms with Crippen LogP contribution in [0, 0.1) is 11.7 Å². The van der Waals surface area contributed by atoms with Gasteiger partial charge in [-0.05, 0) is 31.0 Å². The number of piperidine rings is 1. The molecule has 0 amide bonds. The third-order valence-electron chi connectivity index (χ3n) is 3.30. The van der Waals surface area contributed by atoms with Crippen molar-refractivity contribution in [1.82, 2.24) is 0 Å². The highest BCUT2D eigenvalue weighted by atomic mass is 19.1. The molecule has 1 aliphatic rings. The summed E-state index contributed by atoms with van der Waals surface area (Å²) in [5.41, 5.74) is 0.152. The second kappa shape index (κ2) is 5.26. The third kappa shape index (κ3) is 2.83. The average molecular weight is 267 g/mol. The molecule has 0 bridgehead atoms. The van der Waals surface area contributed by atoms with Crippen molar-refractivity contribution in [2.45, 2.75) is 12.8 Å². The number of benzene rings is 1. The lowest BCUT2D eigenvalue weighted by atomic mass is 9.97. The van der Waals surface area contributed by atoms with Crippen molar-refractivity contribution in [3.05, 3.63) is 29.6 Å². The smallest absolute Gasteiger partial charge is 0.335 e. The molecule has 2 rings (SSSR count). The van der Waals surface area contributed by atoms with Gasteiger partial charge >= 0.3 is 11.9 Å². The fourth-order valence-electron chi connectivity index (χ4n) is 2.29. The molecule has 0 radical (unpaired) electrons. The summed E-state index contributed by atoms with van der Waals surface area (Å²) < 4.78 is 13.8. The van der Waals surface area contributed by atoms with Gasteiger partial charge in [-0.1, -0.05) is 0 Å². The first kappa shape index (κ1) is 13.3. The van der Waals surface area contributed by atoms with Crippen LogP contribution in [0.15, 0.2) is 18.2 Å². The molecule has 1 aromatic carbocycles. The minimum atomic E-state index is -1.13. The molecule has 0 spiro atoms. The van der Waals surface area contributed by atoms with Crippen LogP contribution in [0.25, 0.3) is 0 Å². The van der Waals surface area contributed by atoms with E-state index in [1.54, 1.807) is 4.90 Å². The molecule has 0 aromatic heterocycles. The second-order valence-electron chi connectivity index (χ2n) is 4.59. The molecule has 1 heterocycles. The van der Waals surface area contributed by atoms with Crippen molar-refractivity contribution in [2.24, 2.45) is 5.92 Å². The van der Waals surface area contributed by atoms with Crippen LogP contribution in [0.3, 0.4) is 0 Å². The van der Waals surface area contributed by atoms with E-state index in [-0.39, 0.29) is 17.8 Å². The van der Waals surface area contributed by atoms with Crippen molar-refractivity contribution in [2.75, 3.05) is 18.0 Å². The van der Waals surface area contributed by atoms with E-state index < -0.39 is 23.7 Å². The van der Waals surface area contributed by atoms with Crippen molar-refractivity contribution < 1.29 is 24.2 Å². The Morgan fingerprint density at radius 2 is 2.05 bits per heavy atom. The molecule has 0 saturated carbocycles. The third-order valence-corrected chi connectivity index (χ3v) is 3.30. The lowest BCUT2D eigenvalue weighted by Crippen LogP contribution is -2.39. The number of carboxylic acids is 2. The normalized spacial score (nSPS) is 19.2. The highest BCUT2D eigenvalue weighted by molar-refractivity contribution is 5.89. The Kier molecular flexibility index (Phi) is 3.69. The first-order valence-corrected chi connectivity index (χ1v) is 5.99. The summed E-state index contributed by atoms with van der Waals surface area (Å²) >= 11 is 0. The summed E-state index contributed by atoms with van der Waals surface area (Å²) in [4.78, 5) is 23.5. The number of aliphatic carboxylic acids is 1. The number of nitrogens with zero attached hydrogens (tertiary/aromatic N) is 1. The molecular weight excluding hydrogens is 253 g/mol. The Hall–Kier alpha value is -2.11. The van der Waals surface area contributed by atoms with E-state index in [0.29, 0.717) is 19.4 Å². The molecule has 1 aliphatic heterocycles. The number of carboxylic acid groups (broad SMARTS) is 2. The number of aromatic carboxylic acids is 1. The molecule has 1 atom stereocenters. The Morgan fingerprint density at radius 1 is 1.32 bits per heavy atom. The number of anilines is 1. The average Bonchev–Trinajstić information content (AvgIpc) is 2.39. The highest BCUT2D eigenvalue weighted by Crippen LogP contribution is 2.26. The molecule has 102 valence electrons. The quantitative estimate of drug-likeness (QED) is 0.873. The predicted molar refractivity (Wildman–Crippen MR) is 65.9 cm³/mol. The van der Waals surface area contributed by atoms with Crippen LogP contribution in [0.1, 0.15) is 23.2 Å². The van der Waals surface area contributed by atoms with Gasteiger partial charge in [-0.2, -0.15) is 0 Å². The Balaban J connectivity index is 2.27. The van der Waals surface area contributed by atoms with Gasteiger partial charge in [0.2, 0.25) is 0 Å². The fraction of sp³-hybridized carbons (Fsp3) is 0.385. The van der Waals surface area contributed by atoms with E-state index in [2.05, 4.69) is 0 Å². The molecular formula is C13H14FNO4. The molecule has 0 aliphatic carbocycles. The van der Waals surface area contributed by atoms with Crippen LogP contribution in [0.2, 0.25) is 0 Å². The van der Waals surface area contributed by atoms with Crippen LogP contribution in [-0.4, -0.2) is 35.2 Å². The van der Waals surface area contributed by atoms with Gasteiger partial charge in [0.05, 0.1) is 17.2 Å². The van der Waals surface area contributed by atoms with Crippen molar-refractivity contribution >= 4 is 17.6 Å². The van der Waals surface area contributed by atoms with Crippen LogP contribution < -0.4 is 4.90 Å². The van der Waals surface area contributed by atoms with Crippen molar-refractivity contribution in [3.8, 4) is 0 Å². The van der Waals surface area contributed by atoms with E-state index in [0.717, 1.165) is 6.07 Å². The zero-order valence-corrected chi connectivity index (χ0v) is 10.2. The summed E-state index contributed by atoms with van der Waals surface area (Å²) in [7, 11) is 0. The molecule has 6 heteroatoms. The Bertz CT molecular complexity index is 517. The van der Waals surface area contributed by atoms with E-state index in [1.165, 1.54) is 12.1 Å². The number of hydrogen-bond acceptors (Lipinski definition) is 3. The number of hydrogen-bond donors (Lipinski definition) is 2. The lowest BCUT2D eigenvalue weighted by Gasteiger charge is -2.32. The number of halogens is 1. The summed E-state index contributed by atoms with van der Waals surface area (Å²) in [6.07, 6.45) is 1.21. The molecule has 1 unspecified atom stereocenters. The summed E-state index contributed by atoms with van der Waals surface area (Å²) in [5.74, 6) is -3.11. The van der Waals surface area contributed by atoms with Gasteiger partial charge in [-0.15, -0.1) is 0 Å². The van der Waals surface area contributed by atoms with Crippen molar-refractivity contribution in [1.29, 1.82) is 0 Å². The topological polar surface area (TPSA) is 77.8 Å². The zero-order chi connectivity index (χ0) is 14.0. The van der Waals surface area contributed by atoms with Gasteiger partial charge in [0.1, 0.15) is 5.82 Å². The van der Waals surface area contributed by atoms with E-state index in [9.17, 15) is 14.0 Å². The van der Waals surface area contributed by atoms with Gasteiger partial charge in [0.25, 0.3) is 0 Å². The standard InChI is InChI=1S/C13H14FNO4/c14-10-4-3-8(12(16)17)6-11(10)15-5-1-2-9(7-15)13(18)19/h3-4,6,9H,1-2,5,7H2,(H,16,17)(H,18,19). The van der Waals surface area contributed by atoms with E-state index in [1.807, 2.05) is 0 Å². The van der Waals surface area contributed by atoms with E-state index >= 15 is 0 Å². The van der Waals surface area contributed by atoms with Crippen LogP contribution in [-0.2, 0) is 4.79 Å². The maximum atomic E-state index is 13.8. The Morgan fingerprint density at radius 3 is 2.68 bits per heavy atom. The van der Waals surface area contributed by atoms with Crippen LogP contribution >= 0.6 is 0 Å². The number of rotatable bonds is 3. The van der Waals surface area contributed by atoms with Crippen LogP contribution in [0.4, 0.5) is 10.1 Å². The molecule has 19 heavy (non-hydrogen) atoms. The summed E-state index contributed by atoms with van der Waals surface area (Å²) in [6.45, 7) is 0.735. The summed E-state index contributed by atoms with van der Waals surface area (Å²) in [5, 5.41) is 17.9. The zero-order valence-electron chi connectivity index (χ0n) is 10.2. The highest BCUT2D eigenvalue weighted by Gasteiger charge is 2.27. The van der Waals surface area contributed by atoms with Crippen molar-refractivity contribution in [3.63, 3.8) is 0 Å². The fourth-order valence-corrected chi connectivity index (χ4v) is 2.29. The maximum absolute atomic E-state index is 13.8. The minimum Gasteiger partial charge on any atom is -0.481 e.